The Bertz CT molecular complexity index is 424. The third-order valence-electron chi connectivity index (χ3n) is 2.64. The summed E-state index contributed by atoms with van der Waals surface area (Å²) < 4.78 is 0. The second-order valence-corrected chi connectivity index (χ2v) is 3.70. The third-order valence-corrected chi connectivity index (χ3v) is 2.64. The summed E-state index contributed by atoms with van der Waals surface area (Å²) in [5, 5.41) is 2.84. The minimum Gasteiger partial charge on any atom is -0.327 e. The van der Waals surface area contributed by atoms with Gasteiger partial charge in [0.05, 0.1) is 5.92 Å². The molecule has 1 aliphatic rings. The summed E-state index contributed by atoms with van der Waals surface area (Å²) in [5.74, 6) is 0.0242. The van der Waals surface area contributed by atoms with E-state index >= 15 is 0 Å². The highest BCUT2D eigenvalue weighted by molar-refractivity contribution is 6.02. The van der Waals surface area contributed by atoms with Gasteiger partial charge < -0.3 is 11.1 Å². The molecule has 1 aromatic rings. The van der Waals surface area contributed by atoms with Gasteiger partial charge in [-0.1, -0.05) is 18.2 Å². The van der Waals surface area contributed by atoms with Gasteiger partial charge in [-0.2, -0.15) is 0 Å². The number of anilines is 1. The smallest absolute Gasteiger partial charge is 0.231 e. The van der Waals surface area contributed by atoms with Crippen LogP contribution in [0.15, 0.2) is 24.3 Å². The van der Waals surface area contributed by atoms with Crippen LogP contribution in [0.2, 0.25) is 0 Å². The molecule has 0 aromatic heterocycles. The number of nitrogens with one attached hydrogen (secondary N) is 1. The quantitative estimate of drug-likeness (QED) is 0.767. The Hall–Kier alpha value is -1.61. The van der Waals surface area contributed by atoms with Crippen LogP contribution in [-0.2, 0) is 4.79 Å². The van der Waals surface area contributed by atoms with Crippen molar-refractivity contribution in [2.75, 3.05) is 11.9 Å². The number of carbonyl (C=O) groups excluding carboxylic acids is 1. The summed E-state index contributed by atoms with van der Waals surface area (Å²) in [4.78, 5) is 11.4. The third kappa shape index (κ3) is 1.78. The molecule has 0 saturated carbocycles. The maximum Gasteiger partial charge on any atom is 0.231 e. The van der Waals surface area contributed by atoms with Gasteiger partial charge in [0, 0.05) is 12.2 Å². The number of fused-ring (bicyclic) bond motifs is 1. The SMILES string of the molecule is CC1C(=O)Nc2ccc(/C=C/CN)cc21. The van der Waals surface area contributed by atoms with Crippen molar-refractivity contribution in [1.82, 2.24) is 0 Å². The standard InChI is InChI=1S/C12H14N2O/c1-8-10-7-9(3-2-6-13)4-5-11(10)14-12(8)15/h2-5,7-8H,6,13H2,1H3,(H,14,15)/b3-2+. The molecular weight excluding hydrogens is 188 g/mol. The number of rotatable bonds is 2. The molecule has 1 heterocycles. The molecule has 0 aliphatic carbocycles. The first-order chi connectivity index (χ1) is 7.22. The number of benzene rings is 1. The van der Waals surface area contributed by atoms with Crippen LogP contribution in [0.25, 0.3) is 6.08 Å². The molecule has 2 rings (SSSR count). The van der Waals surface area contributed by atoms with E-state index in [9.17, 15) is 4.79 Å². The first kappa shape index (κ1) is 9.93. The van der Waals surface area contributed by atoms with Crippen molar-refractivity contribution in [3.8, 4) is 0 Å². The van der Waals surface area contributed by atoms with Gasteiger partial charge in [0.25, 0.3) is 0 Å². The number of nitrogens with two attached hydrogens (primary N) is 1. The Balaban J connectivity index is 2.35. The normalized spacial score (nSPS) is 19.3. The summed E-state index contributed by atoms with van der Waals surface area (Å²) in [6, 6.07) is 5.94. The average Bonchev–Trinajstić information content (AvgIpc) is 2.52. The molecule has 0 radical (unpaired) electrons. The second kappa shape index (κ2) is 3.87. The molecular formula is C12H14N2O. The molecule has 3 N–H and O–H groups in total. The largest absolute Gasteiger partial charge is 0.327 e. The Morgan fingerprint density at radius 1 is 1.53 bits per heavy atom. The van der Waals surface area contributed by atoms with E-state index in [1.54, 1.807) is 0 Å². The van der Waals surface area contributed by atoms with Gasteiger partial charge in [0.2, 0.25) is 5.91 Å². The van der Waals surface area contributed by atoms with E-state index in [0.29, 0.717) is 6.54 Å². The molecule has 1 amide bonds. The lowest BCUT2D eigenvalue weighted by molar-refractivity contribution is -0.116. The van der Waals surface area contributed by atoms with Crippen LogP contribution in [0.4, 0.5) is 5.69 Å². The molecule has 0 saturated heterocycles. The maximum absolute atomic E-state index is 11.4. The van der Waals surface area contributed by atoms with Crippen LogP contribution in [0.3, 0.4) is 0 Å². The Labute approximate surface area is 89.0 Å². The first-order valence-electron chi connectivity index (χ1n) is 5.04. The molecule has 78 valence electrons. The van der Waals surface area contributed by atoms with Gasteiger partial charge in [0.1, 0.15) is 0 Å². The summed E-state index contributed by atoms with van der Waals surface area (Å²) >= 11 is 0. The van der Waals surface area contributed by atoms with Gasteiger partial charge >= 0.3 is 0 Å². The predicted octanol–water partition coefficient (Wildman–Crippen LogP) is 1.71. The zero-order valence-electron chi connectivity index (χ0n) is 8.66. The highest BCUT2D eigenvalue weighted by atomic mass is 16.2. The number of hydrogen-bond donors (Lipinski definition) is 2. The molecule has 1 unspecified atom stereocenters. The monoisotopic (exact) mass is 202 g/mol. The van der Waals surface area contributed by atoms with Crippen LogP contribution < -0.4 is 11.1 Å². The molecule has 0 bridgehead atoms. The van der Waals surface area contributed by atoms with Gasteiger partial charge in [0.15, 0.2) is 0 Å². The fraction of sp³-hybridized carbons (Fsp3) is 0.250. The minimum absolute atomic E-state index is 0.0498. The Morgan fingerprint density at radius 3 is 3.07 bits per heavy atom. The molecule has 15 heavy (non-hydrogen) atoms. The molecule has 1 aromatic carbocycles. The van der Waals surface area contributed by atoms with E-state index < -0.39 is 0 Å². The Kier molecular flexibility index (Phi) is 2.56. The van der Waals surface area contributed by atoms with E-state index in [2.05, 4.69) is 5.32 Å². The molecule has 3 nitrogen and oxygen atoms in total. The molecule has 1 atom stereocenters. The van der Waals surface area contributed by atoms with Gasteiger partial charge in [-0.25, -0.2) is 0 Å². The summed E-state index contributed by atoms with van der Waals surface area (Å²) in [6.45, 7) is 2.45. The van der Waals surface area contributed by atoms with Crippen molar-refractivity contribution in [3.63, 3.8) is 0 Å². The van der Waals surface area contributed by atoms with Crippen LogP contribution in [0.1, 0.15) is 24.0 Å². The first-order valence-corrected chi connectivity index (χ1v) is 5.04. The van der Waals surface area contributed by atoms with Gasteiger partial charge in [-0.05, 0) is 30.2 Å². The van der Waals surface area contributed by atoms with Crippen molar-refractivity contribution >= 4 is 17.7 Å². The summed E-state index contributed by atoms with van der Waals surface area (Å²) in [5.41, 5.74) is 8.47. The highest BCUT2D eigenvalue weighted by Gasteiger charge is 2.25. The van der Waals surface area contributed by atoms with Crippen LogP contribution in [0.5, 0.6) is 0 Å². The predicted molar refractivity (Wildman–Crippen MR) is 61.6 cm³/mol. The average molecular weight is 202 g/mol. The fourth-order valence-electron chi connectivity index (χ4n) is 1.74. The molecule has 1 aliphatic heterocycles. The zero-order chi connectivity index (χ0) is 10.8. The van der Waals surface area contributed by atoms with Crippen LogP contribution in [0, 0.1) is 0 Å². The van der Waals surface area contributed by atoms with E-state index in [4.69, 9.17) is 5.73 Å². The van der Waals surface area contributed by atoms with Gasteiger partial charge in [-0.3, -0.25) is 4.79 Å². The van der Waals surface area contributed by atoms with Crippen molar-refractivity contribution in [2.24, 2.45) is 5.73 Å². The fourth-order valence-corrected chi connectivity index (χ4v) is 1.74. The van der Waals surface area contributed by atoms with E-state index in [-0.39, 0.29) is 11.8 Å². The van der Waals surface area contributed by atoms with Crippen molar-refractivity contribution in [2.45, 2.75) is 12.8 Å². The van der Waals surface area contributed by atoms with Crippen LogP contribution in [-0.4, -0.2) is 12.5 Å². The van der Waals surface area contributed by atoms with Gasteiger partial charge in [-0.15, -0.1) is 0 Å². The Morgan fingerprint density at radius 2 is 2.33 bits per heavy atom. The van der Waals surface area contributed by atoms with Crippen molar-refractivity contribution in [1.29, 1.82) is 0 Å². The van der Waals surface area contributed by atoms with E-state index in [1.165, 1.54) is 0 Å². The maximum atomic E-state index is 11.4. The van der Waals surface area contributed by atoms with E-state index in [0.717, 1.165) is 16.8 Å². The summed E-state index contributed by atoms with van der Waals surface area (Å²) in [6.07, 6.45) is 3.87. The molecule has 0 fully saturated rings. The lowest BCUT2D eigenvalue weighted by Crippen LogP contribution is -2.08. The molecule has 3 heteroatoms. The molecule has 0 spiro atoms. The van der Waals surface area contributed by atoms with Crippen molar-refractivity contribution < 1.29 is 4.79 Å². The van der Waals surface area contributed by atoms with Crippen molar-refractivity contribution in [3.05, 3.63) is 35.4 Å². The second-order valence-electron chi connectivity index (χ2n) is 3.70. The topological polar surface area (TPSA) is 55.1 Å². The van der Waals surface area contributed by atoms with Crippen LogP contribution >= 0.6 is 0 Å². The number of amides is 1. The summed E-state index contributed by atoms with van der Waals surface area (Å²) in [7, 11) is 0. The minimum atomic E-state index is -0.0498. The number of carbonyl (C=O) groups is 1. The lowest BCUT2D eigenvalue weighted by Gasteiger charge is -2.02. The highest BCUT2D eigenvalue weighted by Crippen LogP contribution is 2.32. The zero-order valence-corrected chi connectivity index (χ0v) is 8.66. The number of hydrogen-bond acceptors (Lipinski definition) is 2. The lowest BCUT2D eigenvalue weighted by atomic mass is 10.0. The van der Waals surface area contributed by atoms with E-state index in [1.807, 2.05) is 37.3 Å².